The van der Waals surface area contributed by atoms with Gasteiger partial charge in [0, 0.05) is 17.5 Å². The Morgan fingerprint density at radius 2 is 1.81 bits per heavy atom. The Morgan fingerprint density at radius 1 is 1.19 bits per heavy atom. The molecule has 0 spiro atoms. The van der Waals surface area contributed by atoms with Crippen molar-refractivity contribution in [2.75, 3.05) is 6.61 Å². The average Bonchev–Trinajstić information content (AvgIpc) is 2.61. The van der Waals surface area contributed by atoms with Crippen LogP contribution in [-0.2, 0) is 16.0 Å². The van der Waals surface area contributed by atoms with Gasteiger partial charge in [0.1, 0.15) is 5.82 Å². The number of rotatable bonds is 8. The molecule has 0 bridgehead atoms. The van der Waals surface area contributed by atoms with E-state index < -0.39 is 12.0 Å². The van der Waals surface area contributed by atoms with Crippen LogP contribution in [0.2, 0.25) is 5.02 Å². The molecule has 136 valence electrons. The molecular formula is C19H22ClFKNO3. The van der Waals surface area contributed by atoms with Crippen LogP contribution in [0.4, 0.5) is 4.39 Å². The second-order valence-electron chi connectivity index (χ2n) is 5.72. The van der Waals surface area contributed by atoms with Gasteiger partial charge >= 0.3 is 51.4 Å². The third kappa shape index (κ3) is 7.36. The average molecular weight is 406 g/mol. The van der Waals surface area contributed by atoms with Gasteiger partial charge in [-0.05, 0) is 48.7 Å². The zero-order valence-corrected chi connectivity index (χ0v) is 14.7. The Balaban J connectivity index is 0.00000338. The van der Waals surface area contributed by atoms with Crippen LogP contribution >= 0.6 is 11.6 Å². The number of nitrogens with one attached hydrogen (secondary N) is 1. The summed E-state index contributed by atoms with van der Waals surface area (Å²) in [5.41, 5.74) is 3.53. The molecule has 0 saturated carbocycles. The second-order valence-corrected chi connectivity index (χ2v) is 6.16. The van der Waals surface area contributed by atoms with Crippen LogP contribution in [-0.4, -0.2) is 75.2 Å². The molecule has 0 fully saturated rings. The van der Waals surface area contributed by atoms with E-state index in [9.17, 15) is 9.18 Å². The van der Waals surface area contributed by atoms with Crippen molar-refractivity contribution in [2.45, 2.75) is 31.8 Å². The molecule has 0 aliphatic carbocycles. The fourth-order valence-electron chi connectivity index (χ4n) is 2.81. The van der Waals surface area contributed by atoms with Crippen molar-refractivity contribution in [3.05, 3.63) is 70.5 Å². The maximum absolute atomic E-state index is 13.3. The quantitative estimate of drug-likeness (QED) is 0.401. The number of hydroxylamine groups is 1. The van der Waals surface area contributed by atoms with E-state index in [2.05, 4.69) is 0 Å². The van der Waals surface area contributed by atoms with Gasteiger partial charge < -0.3 is 4.74 Å². The summed E-state index contributed by atoms with van der Waals surface area (Å²) >= 11 is 5.94. The molecule has 0 heterocycles. The summed E-state index contributed by atoms with van der Waals surface area (Å²) in [6.45, 7) is 2.26. The zero-order chi connectivity index (χ0) is 18.2. The van der Waals surface area contributed by atoms with Crippen molar-refractivity contribution in [1.29, 1.82) is 0 Å². The zero-order valence-electron chi connectivity index (χ0n) is 13.9. The van der Waals surface area contributed by atoms with Gasteiger partial charge in [0.25, 0.3) is 0 Å². The Bertz CT molecular complexity index is 682. The predicted octanol–water partition coefficient (Wildman–Crippen LogP) is 3.46. The number of benzene rings is 2. The van der Waals surface area contributed by atoms with E-state index in [-0.39, 0.29) is 69.5 Å². The van der Waals surface area contributed by atoms with Gasteiger partial charge in [0.2, 0.25) is 5.91 Å². The predicted molar refractivity (Wildman–Crippen MR) is 101 cm³/mol. The van der Waals surface area contributed by atoms with Crippen LogP contribution in [0.25, 0.3) is 0 Å². The summed E-state index contributed by atoms with van der Waals surface area (Å²) in [5.74, 6) is -1.03. The summed E-state index contributed by atoms with van der Waals surface area (Å²) in [4.78, 5) is 11.7. The van der Waals surface area contributed by atoms with Crippen LogP contribution in [0.5, 0.6) is 0 Å². The monoisotopic (exact) mass is 405 g/mol. The summed E-state index contributed by atoms with van der Waals surface area (Å²) < 4.78 is 19.1. The molecule has 0 aromatic heterocycles. The molecule has 7 heteroatoms. The molecule has 2 N–H and O–H groups in total. The molecule has 0 aliphatic rings. The first kappa shape index (κ1) is 23.7. The van der Waals surface area contributed by atoms with E-state index in [0.29, 0.717) is 18.1 Å². The number of ether oxygens (including phenoxy) is 1. The summed E-state index contributed by atoms with van der Waals surface area (Å²) in [7, 11) is 0. The van der Waals surface area contributed by atoms with E-state index in [1.54, 1.807) is 29.7 Å². The van der Waals surface area contributed by atoms with Crippen molar-refractivity contribution in [3.63, 3.8) is 0 Å². The van der Waals surface area contributed by atoms with Crippen molar-refractivity contribution >= 4 is 68.9 Å². The Hall–Kier alpha value is -0.314. The first-order valence-corrected chi connectivity index (χ1v) is 8.45. The topological polar surface area (TPSA) is 58.6 Å². The third-order valence-electron chi connectivity index (χ3n) is 4.01. The van der Waals surface area contributed by atoms with Gasteiger partial charge in [-0.2, -0.15) is 0 Å². The minimum absolute atomic E-state index is 0. The van der Waals surface area contributed by atoms with Crippen molar-refractivity contribution in [3.8, 4) is 0 Å². The molecule has 4 nitrogen and oxygen atoms in total. The minimum atomic E-state index is -0.526. The molecule has 0 radical (unpaired) electrons. The third-order valence-corrected chi connectivity index (χ3v) is 4.26. The van der Waals surface area contributed by atoms with E-state index in [1.165, 1.54) is 12.1 Å². The van der Waals surface area contributed by atoms with E-state index in [1.807, 2.05) is 19.1 Å². The number of hydrogen-bond acceptors (Lipinski definition) is 3. The van der Waals surface area contributed by atoms with Gasteiger partial charge in [-0.3, -0.25) is 10.0 Å². The fraction of sp³-hybridized carbons (Fsp3) is 0.316. The molecular weight excluding hydrogens is 384 g/mol. The van der Waals surface area contributed by atoms with Crippen molar-refractivity contribution < 1.29 is 19.1 Å². The van der Waals surface area contributed by atoms with Crippen LogP contribution < -0.4 is 5.48 Å². The number of halogens is 2. The normalized spacial score (nSPS) is 12.8. The van der Waals surface area contributed by atoms with E-state index >= 15 is 0 Å². The standard InChI is InChI=1S/C19H21ClFNO3.K.H/c1-2-25-18(12-19(23)22-24)17(14-5-9-16(21)10-6-14)11-13-3-7-15(20)8-4-13;;/h3-10,17-18,24H,2,11-12H2,1H3,(H,22,23);;/t17-,18-;;/m1../s1. The van der Waals surface area contributed by atoms with Crippen LogP contribution in [0.3, 0.4) is 0 Å². The number of amides is 1. The Kier molecular flexibility index (Phi) is 11.1. The molecule has 2 aromatic rings. The fourth-order valence-corrected chi connectivity index (χ4v) is 2.93. The molecule has 0 aliphatic heterocycles. The van der Waals surface area contributed by atoms with Gasteiger partial charge in [0.15, 0.2) is 0 Å². The number of carbonyl (C=O) groups is 1. The van der Waals surface area contributed by atoms with Crippen molar-refractivity contribution in [1.82, 2.24) is 5.48 Å². The Morgan fingerprint density at radius 3 is 2.35 bits per heavy atom. The van der Waals surface area contributed by atoms with Gasteiger partial charge in [0.05, 0.1) is 12.5 Å². The molecule has 0 unspecified atom stereocenters. The van der Waals surface area contributed by atoms with Crippen LogP contribution in [0, 0.1) is 5.82 Å². The first-order chi connectivity index (χ1) is 12.0. The van der Waals surface area contributed by atoms with E-state index in [0.717, 1.165) is 11.1 Å². The maximum atomic E-state index is 13.3. The Labute approximate surface area is 200 Å². The van der Waals surface area contributed by atoms with Gasteiger partial charge in [-0.1, -0.05) is 35.9 Å². The first-order valence-electron chi connectivity index (χ1n) is 8.08. The van der Waals surface area contributed by atoms with Gasteiger partial charge in [-0.15, -0.1) is 0 Å². The van der Waals surface area contributed by atoms with Crippen LogP contribution in [0.15, 0.2) is 48.5 Å². The van der Waals surface area contributed by atoms with E-state index in [4.69, 9.17) is 21.5 Å². The molecule has 26 heavy (non-hydrogen) atoms. The molecule has 2 aromatic carbocycles. The van der Waals surface area contributed by atoms with Gasteiger partial charge in [-0.25, -0.2) is 9.87 Å². The molecule has 1 amide bonds. The van der Waals surface area contributed by atoms with Crippen LogP contribution in [0.1, 0.15) is 30.4 Å². The molecule has 2 atom stereocenters. The molecule has 2 rings (SSSR count). The molecule has 0 saturated heterocycles. The number of carbonyl (C=O) groups excluding carboxylic acids is 1. The van der Waals surface area contributed by atoms with Crippen molar-refractivity contribution in [2.24, 2.45) is 0 Å². The number of hydrogen-bond donors (Lipinski definition) is 2. The summed E-state index contributed by atoms with van der Waals surface area (Å²) in [5, 5.41) is 9.48. The second kappa shape index (κ2) is 12.2. The summed E-state index contributed by atoms with van der Waals surface area (Å²) in [6, 6.07) is 13.6. The SMILES string of the molecule is CCO[C@H](CC(=O)NO)[C@H](Cc1ccc(Cl)cc1)c1ccc(F)cc1.[KH]. The summed E-state index contributed by atoms with van der Waals surface area (Å²) in [6.07, 6.45) is 0.130.